The molecular weight excluding hydrogens is 274 g/mol. The minimum Gasteiger partial charge on any atom is -0.348 e. The van der Waals surface area contributed by atoms with Gasteiger partial charge in [0.1, 0.15) is 0 Å². The average molecular weight is 295 g/mol. The fourth-order valence-corrected chi connectivity index (χ4v) is 3.04. The highest BCUT2D eigenvalue weighted by Gasteiger charge is 2.19. The highest BCUT2D eigenvalue weighted by atomic mass is 32.1. The highest BCUT2D eigenvalue weighted by Crippen LogP contribution is 2.16. The topological polar surface area (TPSA) is 62.3 Å². The summed E-state index contributed by atoms with van der Waals surface area (Å²) in [5.41, 5.74) is 0.913. The Morgan fingerprint density at radius 3 is 3.00 bits per heavy atom. The van der Waals surface area contributed by atoms with Crippen molar-refractivity contribution in [2.75, 3.05) is 13.1 Å². The van der Waals surface area contributed by atoms with Gasteiger partial charge in [-0.3, -0.25) is 9.59 Å². The molecule has 1 aromatic heterocycles. The number of likely N-dealkylation sites (tertiary alicyclic amines) is 1. The second-order valence-corrected chi connectivity index (χ2v) is 6.23. The van der Waals surface area contributed by atoms with Crippen molar-refractivity contribution in [2.24, 2.45) is 0 Å². The Hall–Kier alpha value is -1.43. The van der Waals surface area contributed by atoms with Gasteiger partial charge in [-0.1, -0.05) is 0 Å². The van der Waals surface area contributed by atoms with E-state index in [9.17, 15) is 9.59 Å². The van der Waals surface area contributed by atoms with E-state index in [1.165, 1.54) is 0 Å². The third kappa shape index (κ3) is 4.03. The Morgan fingerprint density at radius 1 is 1.60 bits per heavy atom. The Labute approximate surface area is 123 Å². The molecule has 0 aromatic carbocycles. The lowest BCUT2D eigenvalue weighted by atomic mass is 10.2. The summed E-state index contributed by atoms with van der Waals surface area (Å²) in [7, 11) is 0. The fourth-order valence-electron chi connectivity index (χ4n) is 2.34. The second-order valence-electron chi connectivity index (χ2n) is 5.17. The molecule has 1 atom stereocenters. The van der Waals surface area contributed by atoms with Crippen LogP contribution in [0.3, 0.4) is 0 Å². The number of thiazole rings is 1. The molecule has 5 nitrogen and oxygen atoms in total. The molecule has 0 aliphatic carbocycles. The number of rotatable bonds is 6. The highest BCUT2D eigenvalue weighted by molar-refractivity contribution is 7.09. The van der Waals surface area contributed by atoms with Gasteiger partial charge in [-0.05, 0) is 26.7 Å². The van der Waals surface area contributed by atoms with Crippen molar-refractivity contribution < 1.29 is 9.59 Å². The van der Waals surface area contributed by atoms with Crippen LogP contribution in [0.15, 0.2) is 5.38 Å². The molecule has 0 radical (unpaired) electrons. The van der Waals surface area contributed by atoms with Gasteiger partial charge in [0, 0.05) is 31.3 Å². The van der Waals surface area contributed by atoms with Crippen LogP contribution in [0.1, 0.15) is 49.4 Å². The van der Waals surface area contributed by atoms with E-state index in [4.69, 9.17) is 0 Å². The maximum absolute atomic E-state index is 11.8. The van der Waals surface area contributed by atoms with Crippen molar-refractivity contribution in [3.8, 4) is 0 Å². The molecule has 110 valence electrons. The van der Waals surface area contributed by atoms with Crippen LogP contribution in [-0.2, 0) is 9.59 Å². The molecule has 6 heteroatoms. The first-order valence-corrected chi connectivity index (χ1v) is 7.93. The minimum absolute atomic E-state index is 0.0230. The maximum Gasteiger partial charge on any atom is 0.222 e. The number of hydrogen-bond acceptors (Lipinski definition) is 4. The number of carbonyl (C=O) groups is 2. The van der Waals surface area contributed by atoms with Gasteiger partial charge in [0.05, 0.1) is 16.7 Å². The van der Waals surface area contributed by atoms with Crippen molar-refractivity contribution in [1.29, 1.82) is 0 Å². The van der Waals surface area contributed by atoms with Gasteiger partial charge < -0.3 is 10.2 Å². The molecule has 0 bridgehead atoms. The molecule has 2 rings (SSSR count). The first-order chi connectivity index (χ1) is 9.56. The van der Waals surface area contributed by atoms with Crippen LogP contribution in [0, 0.1) is 6.92 Å². The maximum atomic E-state index is 11.8. The van der Waals surface area contributed by atoms with Gasteiger partial charge in [0.15, 0.2) is 0 Å². The Morgan fingerprint density at radius 2 is 2.40 bits per heavy atom. The molecular formula is C14H21N3O2S. The van der Waals surface area contributed by atoms with Crippen LogP contribution in [0.4, 0.5) is 0 Å². The molecule has 0 spiro atoms. The normalized spacial score (nSPS) is 16.5. The van der Waals surface area contributed by atoms with Gasteiger partial charge >= 0.3 is 0 Å². The number of aromatic nitrogens is 1. The van der Waals surface area contributed by atoms with E-state index in [0.29, 0.717) is 19.4 Å². The first-order valence-electron chi connectivity index (χ1n) is 7.05. The third-order valence-corrected chi connectivity index (χ3v) is 4.25. The molecule has 1 saturated heterocycles. The Balaban J connectivity index is 1.68. The van der Waals surface area contributed by atoms with Crippen LogP contribution >= 0.6 is 11.3 Å². The Kier molecular flexibility index (Phi) is 5.11. The first kappa shape index (κ1) is 15.0. The van der Waals surface area contributed by atoms with Gasteiger partial charge in [0.25, 0.3) is 0 Å². The summed E-state index contributed by atoms with van der Waals surface area (Å²) in [6.45, 7) is 5.43. The zero-order valence-electron chi connectivity index (χ0n) is 12.0. The van der Waals surface area contributed by atoms with Crippen molar-refractivity contribution in [2.45, 2.75) is 45.6 Å². The summed E-state index contributed by atoms with van der Waals surface area (Å²) in [6, 6.07) is -0.0548. The molecule has 2 heterocycles. The lowest BCUT2D eigenvalue weighted by molar-refractivity contribution is -0.128. The van der Waals surface area contributed by atoms with Crippen molar-refractivity contribution >= 4 is 23.2 Å². The molecule has 0 unspecified atom stereocenters. The van der Waals surface area contributed by atoms with Crippen LogP contribution in [0.25, 0.3) is 0 Å². The number of carbonyl (C=O) groups excluding carboxylic acids is 2. The molecule has 20 heavy (non-hydrogen) atoms. The van der Waals surface area contributed by atoms with Crippen molar-refractivity contribution in [1.82, 2.24) is 15.2 Å². The van der Waals surface area contributed by atoms with Crippen molar-refractivity contribution in [3.63, 3.8) is 0 Å². The molecule has 1 N–H and O–H groups in total. The lowest BCUT2D eigenvalue weighted by Gasteiger charge is -2.16. The number of hydrogen-bond donors (Lipinski definition) is 1. The fraction of sp³-hybridized carbons (Fsp3) is 0.643. The van der Waals surface area contributed by atoms with Crippen LogP contribution < -0.4 is 5.32 Å². The van der Waals surface area contributed by atoms with E-state index in [-0.39, 0.29) is 17.9 Å². The summed E-state index contributed by atoms with van der Waals surface area (Å²) in [5, 5.41) is 5.93. The van der Waals surface area contributed by atoms with Crippen molar-refractivity contribution in [3.05, 3.63) is 16.1 Å². The summed E-state index contributed by atoms with van der Waals surface area (Å²) in [6.07, 6.45) is 2.79. The molecule has 1 aromatic rings. The molecule has 0 saturated carbocycles. The molecule has 1 aliphatic heterocycles. The summed E-state index contributed by atoms with van der Waals surface area (Å²) < 4.78 is 0. The third-order valence-electron chi connectivity index (χ3n) is 3.46. The Bertz CT molecular complexity index is 487. The predicted molar refractivity (Wildman–Crippen MR) is 78.5 cm³/mol. The molecule has 1 aliphatic rings. The minimum atomic E-state index is -0.0548. The number of aryl methyl sites for hydroxylation is 1. The number of amides is 2. The summed E-state index contributed by atoms with van der Waals surface area (Å²) in [4.78, 5) is 29.5. The van der Waals surface area contributed by atoms with Crippen LogP contribution in [-0.4, -0.2) is 34.8 Å². The zero-order valence-corrected chi connectivity index (χ0v) is 12.8. The van der Waals surface area contributed by atoms with Gasteiger partial charge in [0.2, 0.25) is 11.8 Å². The summed E-state index contributed by atoms with van der Waals surface area (Å²) >= 11 is 1.59. The van der Waals surface area contributed by atoms with Gasteiger partial charge in [-0.15, -0.1) is 11.3 Å². The smallest absolute Gasteiger partial charge is 0.222 e. The van der Waals surface area contributed by atoms with Crippen LogP contribution in [0.2, 0.25) is 0 Å². The standard InChI is InChI=1S/C14H21N3O2S/c1-10(12-9-20-11(2)16-12)15-13(18)5-3-7-17-8-4-6-14(17)19/h9-10H,3-8H2,1-2H3,(H,15,18)/t10-/m1/s1. The summed E-state index contributed by atoms with van der Waals surface area (Å²) in [5.74, 6) is 0.242. The van der Waals surface area contributed by atoms with E-state index < -0.39 is 0 Å². The largest absolute Gasteiger partial charge is 0.348 e. The van der Waals surface area contributed by atoms with E-state index in [0.717, 1.165) is 30.1 Å². The van der Waals surface area contributed by atoms with Gasteiger partial charge in [-0.2, -0.15) is 0 Å². The number of nitrogens with zero attached hydrogens (tertiary/aromatic N) is 2. The van der Waals surface area contributed by atoms with E-state index >= 15 is 0 Å². The lowest BCUT2D eigenvalue weighted by Crippen LogP contribution is -2.29. The quantitative estimate of drug-likeness (QED) is 0.873. The van der Waals surface area contributed by atoms with Gasteiger partial charge in [-0.25, -0.2) is 4.98 Å². The van der Waals surface area contributed by atoms with Crippen LogP contribution in [0.5, 0.6) is 0 Å². The monoisotopic (exact) mass is 295 g/mol. The zero-order chi connectivity index (χ0) is 14.5. The second kappa shape index (κ2) is 6.83. The predicted octanol–water partition coefficient (Wildman–Crippen LogP) is 2.03. The average Bonchev–Trinajstić information content (AvgIpc) is 2.99. The van der Waals surface area contributed by atoms with E-state index in [1.54, 1.807) is 11.3 Å². The SMILES string of the molecule is Cc1nc([C@@H](C)NC(=O)CCCN2CCCC2=O)cs1. The molecule has 1 fully saturated rings. The van der Waals surface area contributed by atoms with E-state index in [1.807, 2.05) is 24.1 Å². The number of nitrogens with one attached hydrogen (secondary N) is 1. The van der Waals surface area contributed by atoms with E-state index in [2.05, 4.69) is 10.3 Å². The molecule has 2 amide bonds.